The van der Waals surface area contributed by atoms with Crippen LogP contribution in [0.5, 0.6) is 5.75 Å². The minimum absolute atomic E-state index is 0.0533. The maximum Gasteiger partial charge on any atom is 0.390 e. The molecule has 0 aliphatic heterocycles. The lowest BCUT2D eigenvalue weighted by molar-refractivity contribution is -0.129. The molecule has 0 fully saturated rings. The minimum atomic E-state index is -4.68. The largest absolute Gasteiger partial charge is 0.494 e. The van der Waals surface area contributed by atoms with Crippen molar-refractivity contribution in [3.8, 4) is 28.3 Å². The Hall–Kier alpha value is -4.24. The molecule has 42 heavy (non-hydrogen) atoms. The molecule has 0 bridgehead atoms. The number of hydrogen-bond donors (Lipinski definition) is 3. The molecule has 0 aliphatic carbocycles. The van der Waals surface area contributed by atoms with Gasteiger partial charge in [0.25, 0.3) is 0 Å². The smallest absolute Gasteiger partial charge is 0.390 e. The van der Waals surface area contributed by atoms with E-state index in [0.29, 0.717) is 22.3 Å². The first-order valence-electron chi connectivity index (χ1n) is 12.6. The quantitative estimate of drug-likeness (QED) is 0.211. The Balaban J connectivity index is 0.000000892. The van der Waals surface area contributed by atoms with Crippen LogP contribution in [0.15, 0.2) is 48.7 Å². The number of benzene rings is 2. The standard InChI is InChI=1S/C23H20F4N6O3S.C4H10O/c1-36-17-10-13(9-15-20(17)31-22(32-21(15)29)12-5-6-18(28)30-11-12)14-3-2-4-16(19(14)24)33-37(34,35)8-7-23(25,26)27;1-3-5-4-2/h2-6,9-11,33H,7-8H2,1H3,(H2,28,30)(H2,29,31,32);3-4H2,1-2H3. The Bertz CT molecular complexity index is 1630. The van der Waals surface area contributed by atoms with Crippen LogP contribution in [0.1, 0.15) is 20.3 Å². The molecular weight excluding hydrogens is 580 g/mol. The summed E-state index contributed by atoms with van der Waals surface area (Å²) < 4.78 is 89.0. The predicted octanol–water partition coefficient (Wildman–Crippen LogP) is 5.41. The van der Waals surface area contributed by atoms with Crippen LogP contribution in [-0.2, 0) is 14.8 Å². The number of fused-ring (bicyclic) bond motifs is 1. The van der Waals surface area contributed by atoms with Gasteiger partial charge in [0.05, 0.1) is 25.0 Å². The van der Waals surface area contributed by atoms with E-state index in [1.807, 2.05) is 18.6 Å². The molecule has 0 unspecified atom stereocenters. The average molecular weight is 611 g/mol. The Morgan fingerprint density at radius 2 is 1.71 bits per heavy atom. The van der Waals surface area contributed by atoms with E-state index in [1.165, 1.54) is 37.6 Å². The Morgan fingerprint density at radius 3 is 2.29 bits per heavy atom. The van der Waals surface area contributed by atoms with E-state index in [0.717, 1.165) is 19.3 Å². The van der Waals surface area contributed by atoms with Crippen LogP contribution in [0, 0.1) is 5.82 Å². The topological polar surface area (TPSA) is 155 Å². The second kappa shape index (κ2) is 13.6. The lowest BCUT2D eigenvalue weighted by Crippen LogP contribution is -2.22. The van der Waals surface area contributed by atoms with Gasteiger partial charge >= 0.3 is 6.18 Å². The lowest BCUT2D eigenvalue weighted by atomic mass is 10.0. The molecule has 0 atom stereocenters. The second-order valence-corrected chi connectivity index (χ2v) is 10.6. The van der Waals surface area contributed by atoms with Gasteiger partial charge in [-0.3, -0.25) is 4.72 Å². The zero-order valence-electron chi connectivity index (χ0n) is 23.0. The summed E-state index contributed by atoms with van der Waals surface area (Å²) in [6.45, 7) is 5.67. The Morgan fingerprint density at radius 1 is 1.00 bits per heavy atom. The number of sulfonamides is 1. The Labute approximate surface area is 240 Å². The first-order chi connectivity index (χ1) is 19.8. The van der Waals surface area contributed by atoms with E-state index in [4.69, 9.17) is 20.9 Å². The fraction of sp³-hybridized carbons (Fsp3) is 0.296. The molecule has 0 radical (unpaired) electrons. The number of pyridine rings is 1. The van der Waals surface area contributed by atoms with Crippen LogP contribution < -0.4 is 20.9 Å². The fourth-order valence-corrected chi connectivity index (χ4v) is 4.80. The van der Waals surface area contributed by atoms with Gasteiger partial charge in [0.1, 0.15) is 22.9 Å². The number of methoxy groups -OCH3 is 1. The summed E-state index contributed by atoms with van der Waals surface area (Å²) in [5, 5.41) is 0.331. The van der Waals surface area contributed by atoms with Crippen molar-refractivity contribution in [3.63, 3.8) is 0 Å². The third kappa shape index (κ3) is 8.39. The highest BCUT2D eigenvalue weighted by molar-refractivity contribution is 7.92. The van der Waals surface area contributed by atoms with Crippen LogP contribution in [0.2, 0.25) is 0 Å². The number of anilines is 3. The minimum Gasteiger partial charge on any atom is -0.494 e. The monoisotopic (exact) mass is 610 g/mol. The van der Waals surface area contributed by atoms with Crippen molar-refractivity contribution < 1.29 is 35.5 Å². The molecule has 2 aromatic heterocycles. The molecule has 0 spiro atoms. The molecule has 2 heterocycles. The molecule has 0 saturated carbocycles. The zero-order chi connectivity index (χ0) is 31.1. The summed E-state index contributed by atoms with van der Waals surface area (Å²) in [7, 11) is -3.09. The van der Waals surface area contributed by atoms with Gasteiger partial charge in [-0.15, -0.1) is 0 Å². The second-order valence-electron chi connectivity index (χ2n) is 8.71. The number of hydrogen-bond acceptors (Lipinski definition) is 9. The highest BCUT2D eigenvalue weighted by Crippen LogP contribution is 2.37. The van der Waals surface area contributed by atoms with Crippen LogP contribution >= 0.6 is 0 Å². The number of rotatable bonds is 9. The summed E-state index contributed by atoms with van der Waals surface area (Å²) >= 11 is 0. The number of nitrogens with one attached hydrogen (secondary N) is 1. The third-order valence-electron chi connectivity index (χ3n) is 5.70. The third-order valence-corrected chi connectivity index (χ3v) is 6.97. The molecule has 2 aromatic carbocycles. The summed E-state index contributed by atoms with van der Waals surface area (Å²) in [5.41, 5.74) is 12.4. The number of nitrogens with two attached hydrogens (primary N) is 2. The van der Waals surface area contributed by atoms with Crippen LogP contribution in [0.25, 0.3) is 33.4 Å². The summed E-state index contributed by atoms with van der Waals surface area (Å²) in [6.07, 6.45) is -4.77. The number of nitrogens with zero attached hydrogens (tertiary/aromatic N) is 3. The van der Waals surface area contributed by atoms with Gasteiger partial charge in [-0.1, -0.05) is 12.1 Å². The molecule has 5 N–H and O–H groups in total. The molecule has 0 amide bonds. The number of nitrogen functional groups attached to an aromatic ring is 2. The summed E-state index contributed by atoms with van der Waals surface area (Å²) in [5.74, 6) is -1.40. The van der Waals surface area contributed by atoms with Crippen molar-refractivity contribution in [1.29, 1.82) is 0 Å². The fourth-order valence-electron chi connectivity index (χ4n) is 3.71. The van der Waals surface area contributed by atoms with Gasteiger partial charge in [-0.25, -0.2) is 27.8 Å². The molecular formula is C27H30F4N6O4S. The highest BCUT2D eigenvalue weighted by atomic mass is 32.2. The lowest BCUT2D eigenvalue weighted by Gasteiger charge is -2.14. The highest BCUT2D eigenvalue weighted by Gasteiger charge is 2.30. The van der Waals surface area contributed by atoms with Crippen LogP contribution in [0.4, 0.5) is 34.9 Å². The van der Waals surface area contributed by atoms with Gasteiger partial charge in [0.15, 0.2) is 11.6 Å². The van der Waals surface area contributed by atoms with E-state index in [-0.39, 0.29) is 28.5 Å². The van der Waals surface area contributed by atoms with Gasteiger partial charge in [0.2, 0.25) is 10.0 Å². The van der Waals surface area contributed by atoms with Crippen molar-refractivity contribution in [2.75, 3.05) is 42.3 Å². The van der Waals surface area contributed by atoms with Crippen molar-refractivity contribution in [1.82, 2.24) is 15.0 Å². The van der Waals surface area contributed by atoms with E-state index in [9.17, 15) is 21.6 Å². The summed E-state index contributed by atoms with van der Waals surface area (Å²) in [4.78, 5) is 12.8. The normalized spacial score (nSPS) is 11.6. The zero-order valence-corrected chi connectivity index (χ0v) is 23.8. The maximum atomic E-state index is 15.3. The molecule has 0 aliphatic rings. The maximum absolute atomic E-state index is 15.3. The average Bonchev–Trinajstić information content (AvgIpc) is 2.93. The first kappa shape index (κ1) is 32.3. The number of alkyl halides is 3. The van der Waals surface area contributed by atoms with Gasteiger partial charge in [0, 0.05) is 35.9 Å². The predicted molar refractivity (Wildman–Crippen MR) is 154 cm³/mol. The van der Waals surface area contributed by atoms with Crippen LogP contribution in [-0.4, -0.2) is 55.6 Å². The van der Waals surface area contributed by atoms with Crippen molar-refractivity contribution >= 4 is 38.2 Å². The number of ether oxygens (including phenoxy) is 2. The van der Waals surface area contributed by atoms with Crippen molar-refractivity contribution in [2.45, 2.75) is 26.4 Å². The van der Waals surface area contributed by atoms with E-state index in [1.54, 1.807) is 12.1 Å². The van der Waals surface area contributed by atoms with Crippen LogP contribution in [0.3, 0.4) is 0 Å². The van der Waals surface area contributed by atoms with Gasteiger partial charge in [-0.2, -0.15) is 13.2 Å². The molecule has 4 aromatic rings. The number of halogens is 4. The Kier molecular flexibility index (Phi) is 10.5. The van der Waals surface area contributed by atoms with Gasteiger partial charge in [-0.05, 0) is 49.7 Å². The van der Waals surface area contributed by atoms with Crippen molar-refractivity contribution in [3.05, 3.63) is 54.5 Å². The van der Waals surface area contributed by atoms with E-state index in [2.05, 4.69) is 15.0 Å². The molecule has 0 saturated heterocycles. The summed E-state index contributed by atoms with van der Waals surface area (Å²) in [6, 6.07) is 10.0. The molecule has 10 nitrogen and oxygen atoms in total. The van der Waals surface area contributed by atoms with E-state index < -0.39 is 39.9 Å². The first-order valence-corrected chi connectivity index (χ1v) is 14.2. The molecule has 15 heteroatoms. The van der Waals surface area contributed by atoms with E-state index >= 15 is 4.39 Å². The number of aromatic nitrogens is 3. The van der Waals surface area contributed by atoms with Gasteiger partial charge < -0.3 is 20.9 Å². The SMILES string of the molecule is CCOCC.COc1cc(-c2cccc(NS(=O)(=O)CCC(F)(F)F)c2F)cc2c(N)nc(-c3ccc(N)nc3)nc12. The van der Waals surface area contributed by atoms with Crippen molar-refractivity contribution in [2.24, 2.45) is 0 Å². The molecule has 226 valence electrons. The molecule has 4 rings (SSSR count).